The molecular formula is C16H17Br. The minimum absolute atomic E-state index is 0.398. The van der Waals surface area contributed by atoms with Gasteiger partial charge in [0.2, 0.25) is 0 Å². The number of rotatable bonds is 3. The van der Waals surface area contributed by atoms with Crippen molar-refractivity contribution in [2.45, 2.75) is 25.2 Å². The predicted octanol–water partition coefficient (Wildman–Crippen LogP) is 4.90. The van der Waals surface area contributed by atoms with Crippen LogP contribution in [0, 0.1) is 5.92 Å². The number of fused-ring (bicyclic) bond motifs is 1. The molecule has 88 valence electrons. The van der Waals surface area contributed by atoms with E-state index in [1.165, 1.54) is 23.6 Å². The summed E-state index contributed by atoms with van der Waals surface area (Å²) in [6, 6.07) is 15.5. The summed E-state index contributed by atoms with van der Waals surface area (Å²) in [6.07, 6.45) is 2.62. The molecule has 0 aliphatic heterocycles. The van der Waals surface area contributed by atoms with Gasteiger partial charge >= 0.3 is 0 Å². The zero-order chi connectivity index (χ0) is 11.9. The lowest BCUT2D eigenvalue weighted by Gasteiger charge is -2.17. The van der Waals surface area contributed by atoms with Crippen molar-refractivity contribution in [1.82, 2.24) is 0 Å². The molecule has 17 heavy (non-hydrogen) atoms. The molecule has 0 spiro atoms. The highest BCUT2D eigenvalue weighted by molar-refractivity contribution is 9.09. The van der Waals surface area contributed by atoms with E-state index in [4.69, 9.17) is 0 Å². The molecule has 0 radical (unpaired) electrons. The molecule has 0 amide bonds. The Hall–Kier alpha value is -0.820. The smallest absolute Gasteiger partial charge is 0.0132 e. The van der Waals surface area contributed by atoms with Crippen LogP contribution >= 0.6 is 15.9 Å². The van der Waals surface area contributed by atoms with Crippen LogP contribution in [-0.2, 0) is 5.41 Å². The van der Waals surface area contributed by atoms with Crippen molar-refractivity contribution in [3.63, 3.8) is 0 Å². The maximum atomic E-state index is 3.74. The molecule has 0 nitrogen and oxygen atoms in total. The molecule has 1 heteroatoms. The predicted molar refractivity (Wildman–Crippen MR) is 77.8 cm³/mol. The number of alkyl halides is 1. The second kappa shape index (κ2) is 4.13. The van der Waals surface area contributed by atoms with Gasteiger partial charge in [-0.2, -0.15) is 0 Å². The molecule has 2 atom stereocenters. The van der Waals surface area contributed by atoms with Gasteiger partial charge in [-0.05, 0) is 28.7 Å². The van der Waals surface area contributed by atoms with E-state index in [0.717, 1.165) is 11.2 Å². The Morgan fingerprint density at radius 1 is 1.18 bits per heavy atom. The van der Waals surface area contributed by atoms with Crippen molar-refractivity contribution in [3.8, 4) is 0 Å². The average molecular weight is 289 g/mol. The third kappa shape index (κ3) is 1.63. The average Bonchev–Trinajstić information content (AvgIpc) is 3.13. The molecule has 1 aliphatic rings. The van der Waals surface area contributed by atoms with Crippen molar-refractivity contribution in [2.24, 2.45) is 5.92 Å². The summed E-state index contributed by atoms with van der Waals surface area (Å²) < 4.78 is 0. The second-order valence-corrected chi connectivity index (χ2v) is 5.69. The molecule has 0 N–H and O–H groups in total. The van der Waals surface area contributed by atoms with Crippen molar-refractivity contribution in [1.29, 1.82) is 0 Å². The molecule has 3 rings (SSSR count). The molecular weight excluding hydrogens is 272 g/mol. The van der Waals surface area contributed by atoms with Gasteiger partial charge < -0.3 is 0 Å². The first-order valence-corrected chi connectivity index (χ1v) is 7.48. The first-order valence-electron chi connectivity index (χ1n) is 6.36. The first kappa shape index (κ1) is 11.3. The number of hydrogen-bond donors (Lipinski definition) is 0. The van der Waals surface area contributed by atoms with E-state index in [0.29, 0.717) is 5.41 Å². The van der Waals surface area contributed by atoms with Crippen LogP contribution in [0.15, 0.2) is 42.5 Å². The number of benzene rings is 2. The summed E-state index contributed by atoms with van der Waals surface area (Å²) in [5.41, 5.74) is 1.94. The fraction of sp³-hybridized carbons (Fsp3) is 0.375. The van der Waals surface area contributed by atoms with E-state index in [9.17, 15) is 0 Å². The van der Waals surface area contributed by atoms with Crippen LogP contribution in [0.4, 0.5) is 0 Å². The van der Waals surface area contributed by atoms with Gasteiger partial charge in [0.25, 0.3) is 0 Å². The Morgan fingerprint density at radius 3 is 2.65 bits per heavy atom. The molecule has 1 unspecified atom stereocenters. The third-order valence-corrected chi connectivity index (χ3v) is 5.29. The van der Waals surface area contributed by atoms with E-state index < -0.39 is 0 Å². The minimum atomic E-state index is 0.398. The molecule has 2 aromatic rings. The second-order valence-electron chi connectivity index (χ2n) is 5.13. The van der Waals surface area contributed by atoms with Crippen LogP contribution in [0.5, 0.6) is 0 Å². The summed E-state index contributed by atoms with van der Waals surface area (Å²) in [7, 11) is 0. The molecule has 0 heterocycles. The van der Waals surface area contributed by atoms with E-state index in [1.807, 2.05) is 0 Å². The van der Waals surface area contributed by atoms with Gasteiger partial charge in [-0.3, -0.25) is 0 Å². The van der Waals surface area contributed by atoms with Gasteiger partial charge in [0, 0.05) is 10.7 Å². The lowest BCUT2D eigenvalue weighted by Crippen LogP contribution is -2.12. The van der Waals surface area contributed by atoms with Crippen LogP contribution in [0.2, 0.25) is 0 Å². The minimum Gasteiger partial charge on any atom is -0.0918 e. The molecule has 0 saturated heterocycles. The fourth-order valence-corrected chi connectivity index (χ4v) is 4.13. The zero-order valence-electron chi connectivity index (χ0n) is 10.1. The molecule has 1 fully saturated rings. The van der Waals surface area contributed by atoms with E-state index in [1.54, 1.807) is 5.56 Å². The molecule has 0 aromatic heterocycles. The van der Waals surface area contributed by atoms with Gasteiger partial charge in [0.05, 0.1) is 0 Å². The van der Waals surface area contributed by atoms with Crippen LogP contribution in [-0.4, -0.2) is 5.33 Å². The summed E-state index contributed by atoms with van der Waals surface area (Å²) in [4.78, 5) is 0. The SMILES string of the molecule is CCC1C[C@@]1(CBr)c1cccc2ccccc12. The van der Waals surface area contributed by atoms with Gasteiger partial charge in [-0.25, -0.2) is 0 Å². The number of hydrogen-bond acceptors (Lipinski definition) is 0. The zero-order valence-corrected chi connectivity index (χ0v) is 11.7. The maximum absolute atomic E-state index is 3.74. The first-order chi connectivity index (χ1) is 8.31. The fourth-order valence-electron chi connectivity index (χ4n) is 3.14. The Bertz CT molecular complexity index is 541. The van der Waals surface area contributed by atoms with Crippen molar-refractivity contribution in [2.75, 3.05) is 5.33 Å². The van der Waals surface area contributed by atoms with Crippen LogP contribution < -0.4 is 0 Å². The Kier molecular flexibility index (Phi) is 2.74. The van der Waals surface area contributed by atoms with Crippen molar-refractivity contribution >= 4 is 26.7 Å². The van der Waals surface area contributed by atoms with Gasteiger partial charge in [-0.1, -0.05) is 71.7 Å². The van der Waals surface area contributed by atoms with Gasteiger partial charge in [-0.15, -0.1) is 0 Å². The van der Waals surface area contributed by atoms with E-state index in [-0.39, 0.29) is 0 Å². The van der Waals surface area contributed by atoms with Crippen LogP contribution in [0.1, 0.15) is 25.3 Å². The quantitative estimate of drug-likeness (QED) is 0.705. The molecule has 2 aromatic carbocycles. The molecule has 1 saturated carbocycles. The lowest BCUT2D eigenvalue weighted by atomic mass is 9.90. The largest absolute Gasteiger partial charge is 0.0918 e. The van der Waals surface area contributed by atoms with E-state index >= 15 is 0 Å². The Balaban J connectivity index is 2.18. The molecule has 1 aliphatic carbocycles. The normalized spacial score (nSPS) is 27.3. The van der Waals surface area contributed by atoms with Crippen LogP contribution in [0.25, 0.3) is 10.8 Å². The Morgan fingerprint density at radius 2 is 1.94 bits per heavy atom. The topological polar surface area (TPSA) is 0 Å². The highest BCUT2D eigenvalue weighted by Gasteiger charge is 2.53. The summed E-state index contributed by atoms with van der Waals surface area (Å²) in [6.45, 7) is 2.31. The third-order valence-electron chi connectivity index (χ3n) is 4.29. The van der Waals surface area contributed by atoms with Crippen molar-refractivity contribution < 1.29 is 0 Å². The summed E-state index contributed by atoms with van der Waals surface area (Å²) >= 11 is 3.74. The highest BCUT2D eigenvalue weighted by atomic mass is 79.9. The van der Waals surface area contributed by atoms with E-state index in [2.05, 4.69) is 65.3 Å². The van der Waals surface area contributed by atoms with Gasteiger partial charge in [0.15, 0.2) is 0 Å². The van der Waals surface area contributed by atoms with Gasteiger partial charge in [0.1, 0.15) is 0 Å². The van der Waals surface area contributed by atoms with Crippen molar-refractivity contribution in [3.05, 3.63) is 48.0 Å². The highest BCUT2D eigenvalue weighted by Crippen LogP contribution is 2.58. The summed E-state index contributed by atoms with van der Waals surface area (Å²) in [5, 5.41) is 3.89. The maximum Gasteiger partial charge on any atom is 0.0132 e. The number of halogens is 1. The van der Waals surface area contributed by atoms with Crippen LogP contribution in [0.3, 0.4) is 0 Å². The Labute approximate surface area is 111 Å². The monoisotopic (exact) mass is 288 g/mol. The summed E-state index contributed by atoms with van der Waals surface area (Å²) in [5.74, 6) is 0.854. The standard InChI is InChI=1S/C16H17Br/c1-2-13-10-16(13,11-17)15-9-5-7-12-6-3-4-8-14(12)15/h3-9,13H,2,10-11H2,1H3/t13?,16-/m0/s1. The lowest BCUT2D eigenvalue weighted by molar-refractivity contribution is 0.658. The molecule has 0 bridgehead atoms.